The third-order valence-electron chi connectivity index (χ3n) is 5.45. The van der Waals surface area contributed by atoms with E-state index in [9.17, 15) is 13.2 Å². The molecule has 164 valence electrons. The predicted octanol–water partition coefficient (Wildman–Crippen LogP) is 3.86. The fourth-order valence-electron chi connectivity index (χ4n) is 3.79. The molecule has 2 aromatic heterocycles. The van der Waals surface area contributed by atoms with Crippen LogP contribution in [0.1, 0.15) is 24.0 Å². The SMILES string of the molecule is Cc1ccc(Cl)c2sc(N(Cc3cccnc3)C(=O)C3CCCN(S(C)(=O)=O)C3)nc12. The van der Waals surface area contributed by atoms with E-state index in [1.807, 2.05) is 31.2 Å². The van der Waals surface area contributed by atoms with Crippen molar-refractivity contribution in [2.75, 3.05) is 24.2 Å². The molecule has 4 rings (SSSR count). The van der Waals surface area contributed by atoms with Gasteiger partial charge in [0, 0.05) is 25.5 Å². The molecule has 0 saturated carbocycles. The van der Waals surface area contributed by atoms with Crippen LogP contribution >= 0.6 is 22.9 Å². The highest BCUT2D eigenvalue weighted by atomic mass is 35.5. The lowest BCUT2D eigenvalue weighted by Gasteiger charge is -2.33. The number of pyridine rings is 1. The van der Waals surface area contributed by atoms with Gasteiger partial charge in [0.15, 0.2) is 5.13 Å². The van der Waals surface area contributed by atoms with E-state index in [1.165, 1.54) is 21.9 Å². The number of benzene rings is 1. The summed E-state index contributed by atoms with van der Waals surface area (Å²) in [5, 5.41) is 1.15. The average molecular weight is 479 g/mol. The van der Waals surface area contributed by atoms with Crippen LogP contribution in [-0.2, 0) is 21.4 Å². The second-order valence-electron chi connectivity index (χ2n) is 7.78. The van der Waals surface area contributed by atoms with Gasteiger partial charge in [0.05, 0.1) is 34.0 Å². The molecule has 0 N–H and O–H groups in total. The maximum Gasteiger partial charge on any atom is 0.233 e. The van der Waals surface area contributed by atoms with Gasteiger partial charge in [0.2, 0.25) is 15.9 Å². The van der Waals surface area contributed by atoms with Crippen molar-refractivity contribution in [3.05, 3.63) is 52.8 Å². The van der Waals surface area contributed by atoms with E-state index in [-0.39, 0.29) is 12.5 Å². The van der Waals surface area contributed by atoms with E-state index in [4.69, 9.17) is 16.6 Å². The highest BCUT2D eigenvalue weighted by molar-refractivity contribution is 7.88. The molecule has 1 aliphatic rings. The van der Waals surface area contributed by atoms with Gasteiger partial charge in [-0.2, -0.15) is 0 Å². The van der Waals surface area contributed by atoms with Gasteiger partial charge in [-0.15, -0.1) is 0 Å². The first-order valence-corrected chi connectivity index (χ1v) is 13.0. The summed E-state index contributed by atoms with van der Waals surface area (Å²) >= 11 is 7.76. The lowest BCUT2D eigenvalue weighted by Crippen LogP contribution is -2.46. The Hall–Kier alpha value is -2.07. The topological polar surface area (TPSA) is 83.5 Å². The van der Waals surface area contributed by atoms with Gasteiger partial charge in [0.1, 0.15) is 0 Å². The van der Waals surface area contributed by atoms with E-state index < -0.39 is 15.9 Å². The van der Waals surface area contributed by atoms with Crippen molar-refractivity contribution in [3.63, 3.8) is 0 Å². The largest absolute Gasteiger partial charge is 0.283 e. The molecular formula is C21H23ClN4O3S2. The van der Waals surface area contributed by atoms with Crippen LogP contribution < -0.4 is 4.90 Å². The molecule has 0 aliphatic carbocycles. The number of halogens is 1. The van der Waals surface area contributed by atoms with Crippen molar-refractivity contribution in [1.29, 1.82) is 0 Å². The minimum absolute atomic E-state index is 0.134. The summed E-state index contributed by atoms with van der Waals surface area (Å²) < 4.78 is 26.3. The molecule has 3 aromatic rings. The second kappa shape index (κ2) is 8.82. The molecule has 1 aliphatic heterocycles. The number of aromatic nitrogens is 2. The molecule has 1 atom stereocenters. The maximum absolute atomic E-state index is 13.6. The lowest BCUT2D eigenvalue weighted by atomic mass is 9.98. The summed E-state index contributed by atoms with van der Waals surface area (Å²) in [5.41, 5.74) is 2.63. The molecule has 0 spiro atoms. The van der Waals surface area contributed by atoms with Crippen molar-refractivity contribution >= 4 is 54.2 Å². The Kier molecular flexibility index (Phi) is 6.30. The number of aryl methyl sites for hydroxylation is 1. The standard InChI is InChI=1S/C21H23ClN4O3S2/c1-14-7-8-17(22)19-18(14)24-21(30-19)26(12-15-5-3-9-23-11-15)20(27)16-6-4-10-25(13-16)31(2,28)29/h3,5,7-9,11,16H,4,6,10,12-13H2,1-2H3. The van der Waals surface area contributed by atoms with Gasteiger partial charge < -0.3 is 0 Å². The van der Waals surface area contributed by atoms with E-state index in [0.717, 1.165) is 21.3 Å². The molecule has 1 aromatic carbocycles. The lowest BCUT2D eigenvalue weighted by molar-refractivity contribution is -0.123. The zero-order chi connectivity index (χ0) is 22.2. The average Bonchev–Trinajstić information content (AvgIpc) is 3.21. The molecule has 7 nitrogen and oxygen atoms in total. The summed E-state index contributed by atoms with van der Waals surface area (Å²) in [5.74, 6) is -0.561. The Bertz CT molecular complexity index is 1180. The van der Waals surface area contributed by atoms with Crippen molar-refractivity contribution in [1.82, 2.24) is 14.3 Å². The molecule has 0 radical (unpaired) electrons. The first-order valence-electron chi connectivity index (χ1n) is 9.95. The number of piperidine rings is 1. The number of sulfonamides is 1. The summed E-state index contributed by atoms with van der Waals surface area (Å²) in [7, 11) is -3.35. The highest BCUT2D eigenvalue weighted by Gasteiger charge is 2.34. The molecule has 1 amide bonds. The third kappa shape index (κ3) is 4.74. The highest BCUT2D eigenvalue weighted by Crippen LogP contribution is 2.37. The number of carbonyl (C=O) groups excluding carboxylic acids is 1. The van der Waals surface area contributed by atoms with Crippen molar-refractivity contribution < 1.29 is 13.2 Å². The van der Waals surface area contributed by atoms with Gasteiger partial charge >= 0.3 is 0 Å². The molecule has 31 heavy (non-hydrogen) atoms. The molecule has 3 heterocycles. The Morgan fingerprint density at radius 3 is 2.84 bits per heavy atom. The van der Waals surface area contributed by atoms with E-state index in [1.54, 1.807) is 17.3 Å². The second-order valence-corrected chi connectivity index (χ2v) is 11.2. The van der Waals surface area contributed by atoms with Crippen molar-refractivity contribution in [2.45, 2.75) is 26.3 Å². The number of fused-ring (bicyclic) bond motifs is 1. The van der Waals surface area contributed by atoms with Crippen LogP contribution in [0.4, 0.5) is 5.13 Å². The zero-order valence-corrected chi connectivity index (χ0v) is 19.7. The number of hydrogen-bond donors (Lipinski definition) is 0. The first kappa shape index (κ1) is 22.1. The summed E-state index contributed by atoms with van der Waals surface area (Å²) in [4.78, 5) is 24.2. The number of carbonyl (C=O) groups is 1. The number of thiazole rings is 1. The van der Waals surface area contributed by atoms with Gasteiger partial charge in [-0.25, -0.2) is 17.7 Å². The normalized spacial score (nSPS) is 17.7. The Labute approximate surface area is 190 Å². The Balaban J connectivity index is 1.72. The van der Waals surface area contributed by atoms with Crippen molar-refractivity contribution in [3.8, 4) is 0 Å². The van der Waals surface area contributed by atoms with Gasteiger partial charge in [-0.05, 0) is 43.0 Å². The van der Waals surface area contributed by atoms with Crippen LogP contribution in [0.25, 0.3) is 10.2 Å². The summed E-state index contributed by atoms with van der Waals surface area (Å²) in [6.07, 6.45) is 5.87. The molecule has 1 unspecified atom stereocenters. The minimum Gasteiger partial charge on any atom is -0.283 e. The predicted molar refractivity (Wildman–Crippen MR) is 124 cm³/mol. The number of hydrogen-bond acceptors (Lipinski definition) is 6. The van der Waals surface area contributed by atoms with E-state index in [0.29, 0.717) is 36.1 Å². The fraction of sp³-hybridized carbons (Fsp3) is 0.381. The van der Waals surface area contributed by atoms with Gasteiger partial charge in [-0.3, -0.25) is 14.7 Å². The van der Waals surface area contributed by atoms with Crippen LogP contribution in [0, 0.1) is 12.8 Å². The van der Waals surface area contributed by atoms with E-state index >= 15 is 0 Å². The zero-order valence-electron chi connectivity index (χ0n) is 17.3. The van der Waals surface area contributed by atoms with Gasteiger partial charge in [0.25, 0.3) is 0 Å². The Morgan fingerprint density at radius 1 is 1.35 bits per heavy atom. The van der Waals surface area contributed by atoms with Crippen LogP contribution in [0.2, 0.25) is 5.02 Å². The van der Waals surface area contributed by atoms with Crippen LogP contribution in [0.3, 0.4) is 0 Å². The first-order chi connectivity index (χ1) is 14.7. The molecule has 10 heteroatoms. The number of rotatable bonds is 5. The molecular weight excluding hydrogens is 456 g/mol. The monoisotopic (exact) mass is 478 g/mol. The maximum atomic E-state index is 13.6. The van der Waals surface area contributed by atoms with Crippen LogP contribution in [0.5, 0.6) is 0 Å². The number of amides is 1. The Morgan fingerprint density at radius 2 is 2.16 bits per heavy atom. The molecule has 1 saturated heterocycles. The molecule has 0 bridgehead atoms. The third-order valence-corrected chi connectivity index (χ3v) is 8.26. The van der Waals surface area contributed by atoms with Crippen LogP contribution in [0.15, 0.2) is 36.7 Å². The number of nitrogens with zero attached hydrogens (tertiary/aromatic N) is 4. The number of anilines is 1. The summed E-state index contributed by atoms with van der Waals surface area (Å²) in [6, 6.07) is 7.47. The molecule has 1 fully saturated rings. The minimum atomic E-state index is -3.35. The van der Waals surface area contributed by atoms with E-state index in [2.05, 4.69) is 4.98 Å². The quantitative estimate of drug-likeness (QED) is 0.556. The van der Waals surface area contributed by atoms with Crippen molar-refractivity contribution in [2.24, 2.45) is 5.92 Å². The smallest absolute Gasteiger partial charge is 0.233 e. The van der Waals surface area contributed by atoms with Crippen LogP contribution in [-0.4, -0.2) is 47.9 Å². The fourth-order valence-corrected chi connectivity index (χ4v) is 6.02. The van der Waals surface area contributed by atoms with Gasteiger partial charge in [-0.1, -0.05) is 35.1 Å². The summed E-state index contributed by atoms with van der Waals surface area (Å²) in [6.45, 7) is 2.89.